The maximum Gasteiger partial charge on any atom is 0.253 e. The van der Waals surface area contributed by atoms with E-state index in [1.54, 1.807) is 17.0 Å². The van der Waals surface area contributed by atoms with E-state index in [0.29, 0.717) is 31.7 Å². The second-order valence-corrected chi connectivity index (χ2v) is 9.15. The molecule has 0 radical (unpaired) electrons. The SMILES string of the molecule is CC1CN(C(=O)c2ccc(S(=O)(=O)N3CC(C)OC(C)C3)cc2)CCN1. The predicted molar refractivity (Wildman–Crippen MR) is 98.6 cm³/mol. The Kier molecular flexibility index (Phi) is 5.67. The number of amides is 1. The molecule has 1 aromatic rings. The molecule has 0 spiro atoms. The molecule has 1 N–H and O–H groups in total. The van der Waals surface area contributed by atoms with E-state index in [-0.39, 0.29) is 29.1 Å². The van der Waals surface area contributed by atoms with Crippen LogP contribution in [0.3, 0.4) is 0 Å². The average Bonchev–Trinajstić information content (AvgIpc) is 2.60. The van der Waals surface area contributed by atoms with E-state index in [9.17, 15) is 13.2 Å². The first kappa shape index (κ1) is 19.3. The van der Waals surface area contributed by atoms with Gasteiger partial charge in [0.05, 0.1) is 17.1 Å². The molecule has 0 aromatic heterocycles. The Morgan fingerprint density at radius 3 is 2.27 bits per heavy atom. The molecule has 144 valence electrons. The first-order valence-corrected chi connectivity index (χ1v) is 10.5. The summed E-state index contributed by atoms with van der Waals surface area (Å²) >= 11 is 0. The van der Waals surface area contributed by atoms with Crippen LogP contribution in [-0.2, 0) is 14.8 Å². The Hall–Kier alpha value is -1.48. The lowest BCUT2D eigenvalue weighted by atomic mass is 10.1. The summed E-state index contributed by atoms with van der Waals surface area (Å²) in [4.78, 5) is 14.6. The lowest BCUT2D eigenvalue weighted by molar-refractivity contribution is -0.0440. The zero-order valence-electron chi connectivity index (χ0n) is 15.5. The summed E-state index contributed by atoms with van der Waals surface area (Å²) in [7, 11) is -3.59. The summed E-state index contributed by atoms with van der Waals surface area (Å²) in [6, 6.07) is 6.53. The van der Waals surface area contributed by atoms with Crippen molar-refractivity contribution in [1.29, 1.82) is 0 Å². The molecule has 0 bridgehead atoms. The fraction of sp³-hybridized carbons (Fsp3) is 0.611. The van der Waals surface area contributed by atoms with Crippen LogP contribution in [0.4, 0.5) is 0 Å². The number of nitrogens with one attached hydrogen (secondary N) is 1. The third kappa shape index (κ3) is 4.09. The van der Waals surface area contributed by atoms with E-state index in [2.05, 4.69) is 5.32 Å². The summed E-state index contributed by atoms with van der Waals surface area (Å²) in [6.07, 6.45) is -0.270. The molecule has 2 saturated heterocycles. The largest absolute Gasteiger partial charge is 0.373 e. The summed E-state index contributed by atoms with van der Waals surface area (Å²) in [5.41, 5.74) is 0.516. The molecular weight excluding hydrogens is 354 g/mol. The van der Waals surface area contributed by atoms with Crippen molar-refractivity contribution in [3.8, 4) is 0 Å². The van der Waals surface area contributed by atoms with E-state index >= 15 is 0 Å². The van der Waals surface area contributed by atoms with E-state index in [4.69, 9.17) is 4.74 Å². The van der Waals surface area contributed by atoms with Gasteiger partial charge in [0.1, 0.15) is 0 Å². The fourth-order valence-corrected chi connectivity index (χ4v) is 5.14. The first-order chi connectivity index (χ1) is 12.3. The van der Waals surface area contributed by atoms with E-state index < -0.39 is 10.0 Å². The summed E-state index contributed by atoms with van der Waals surface area (Å²) in [5.74, 6) is -0.0593. The Bertz CT molecular complexity index is 740. The maximum atomic E-state index is 12.9. The predicted octanol–water partition coefficient (Wildman–Crippen LogP) is 0.918. The minimum atomic E-state index is -3.59. The van der Waals surface area contributed by atoms with Crippen LogP contribution in [0.1, 0.15) is 31.1 Å². The normalized spacial score (nSPS) is 28.1. The highest BCUT2D eigenvalue weighted by Gasteiger charge is 2.32. The molecule has 8 heteroatoms. The number of rotatable bonds is 3. The van der Waals surface area contributed by atoms with Gasteiger partial charge in [-0.1, -0.05) is 0 Å². The molecule has 26 heavy (non-hydrogen) atoms. The highest BCUT2D eigenvalue weighted by molar-refractivity contribution is 7.89. The number of sulfonamides is 1. The van der Waals surface area contributed by atoms with Gasteiger partial charge in [0.2, 0.25) is 10.0 Å². The molecule has 0 saturated carbocycles. The Balaban J connectivity index is 1.75. The van der Waals surface area contributed by atoms with Gasteiger partial charge in [-0.25, -0.2) is 8.42 Å². The second kappa shape index (κ2) is 7.64. The number of hydrogen-bond donors (Lipinski definition) is 1. The number of carbonyl (C=O) groups excluding carboxylic acids is 1. The van der Waals surface area contributed by atoms with Crippen LogP contribution in [0, 0.1) is 0 Å². The molecule has 2 heterocycles. The van der Waals surface area contributed by atoms with Crippen molar-refractivity contribution in [1.82, 2.24) is 14.5 Å². The van der Waals surface area contributed by atoms with Crippen LogP contribution >= 0.6 is 0 Å². The Morgan fingerprint density at radius 2 is 1.69 bits per heavy atom. The zero-order chi connectivity index (χ0) is 18.9. The van der Waals surface area contributed by atoms with Crippen molar-refractivity contribution in [2.24, 2.45) is 0 Å². The van der Waals surface area contributed by atoms with Crippen LogP contribution in [0.25, 0.3) is 0 Å². The summed E-state index contributed by atoms with van der Waals surface area (Å²) in [5, 5.41) is 3.30. The molecule has 2 aliphatic rings. The van der Waals surface area contributed by atoms with Crippen molar-refractivity contribution in [3.05, 3.63) is 29.8 Å². The van der Waals surface area contributed by atoms with Gasteiger partial charge in [0.25, 0.3) is 5.91 Å². The van der Waals surface area contributed by atoms with Crippen molar-refractivity contribution in [2.75, 3.05) is 32.7 Å². The molecule has 3 rings (SSSR count). The molecule has 3 unspecified atom stereocenters. The molecule has 1 amide bonds. The van der Waals surface area contributed by atoms with Crippen LogP contribution in [0.2, 0.25) is 0 Å². The topological polar surface area (TPSA) is 79.0 Å². The molecule has 1 aromatic carbocycles. The Labute approximate surface area is 155 Å². The minimum absolute atomic E-state index is 0.0593. The fourth-order valence-electron chi connectivity index (χ4n) is 3.54. The smallest absolute Gasteiger partial charge is 0.253 e. The van der Waals surface area contributed by atoms with E-state index in [1.807, 2.05) is 20.8 Å². The van der Waals surface area contributed by atoms with Gasteiger partial charge in [-0.2, -0.15) is 4.31 Å². The molecule has 0 aliphatic carbocycles. The monoisotopic (exact) mass is 381 g/mol. The van der Waals surface area contributed by atoms with E-state index in [0.717, 1.165) is 6.54 Å². The van der Waals surface area contributed by atoms with Crippen molar-refractivity contribution in [3.63, 3.8) is 0 Å². The van der Waals surface area contributed by atoms with Crippen molar-refractivity contribution >= 4 is 15.9 Å². The minimum Gasteiger partial charge on any atom is -0.373 e. The molecule has 2 aliphatic heterocycles. The van der Waals surface area contributed by atoms with Gasteiger partial charge in [-0.05, 0) is 45.0 Å². The quantitative estimate of drug-likeness (QED) is 0.842. The molecular formula is C18H27N3O4S. The average molecular weight is 381 g/mol. The van der Waals surface area contributed by atoms with Gasteiger partial charge in [0, 0.05) is 44.3 Å². The highest BCUT2D eigenvalue weighted by atomic mass is 32.2. The third-order valence-corrected chi connectivity index (χ3v) is 6.63. The number of nitrogens with zero attached hydrogens (tertiary/aromatic N) is 2. The zero-order valence-corrected chi connectivity index (χ0v) is 16.3. The van der Waals surface area contributed by atoms with Crippen molar-refractivity contribution in [2.45, 2.75) is 43.9 Å². The number of benzene rings is 1. The van der Waals surface area contributed by atoms with Gasteiger partial charge in [-0.3, -0.25) is 4.79 Å². The number of piperazine rings is 1. The number of morpholine rings is 1. The lowest BCUT2D eigenvalue weighted by Gasteiger charge is -2.34. The summed E-state index contributed by atoms with van der Waals surface area (Å²) < 4.78 is 32.8. The van der Waals surface area contributed by atoms with Crippen LogP contribution < -0.4 is 5.32 Å². The van der Waals surface area contributed by atoms with Gasteiger partial charge in [-0.15, -0.1) is 0 Å². The molecule has 7 nitrogen and oxygen atoms in total. The first-order valence-electron chi connectivity index (χ1n) is 9.05. The maximum absolute atomic E-state index is 12.9. The van der Waals surface area contributed by atoms with Gasteiger partial charge >= 0.3 is 0 Å². The third-order valence-electron chi connectivity index (χ3n) is 4.78. The number of ether oxygens (including phenoxy) is 1. The van der Waals surface area contributed by atoms with Crippen molar-refractivity contribution < 1.29 is 17.9 Å². The van der Waals surface area contributed by atoms with Crippen LogP contribution in [0.15, 0.2) is 29.2 Å². The van der Waals surface area contributed by atoms with Gasteiger partial charge in [0.15, 0.2) is 0 Å². The van der Waals surface area contributed by atoms with Crippen LogP contribution in [-0.4, -0.2) is 74.5 Å². The standard InChI is InChI=1S/C18H27N3O4S/c1-13-10-20(9-8-19-13)18(22)16-4-6-17(7-5-16)26(23,24)21-11-14(2)25-15(3)12-21/h4-7,13-15,19H,8-12H2,1-3H3. The number of hydrogen-bond acceptors (Lipinski definition) is 5. The molecule has 2 fully saturated rings. The lowest BCUT2D eigenvalue weighted by Crippen LogP contribution is -2.51. The second-order valence-electron chi connectivity index (χ2n) is 7.21. The Morgan fingerprint density at radius 1 is 1.08 bits per heavy atom. The highest BCUT2D eigenvalue weighted by Crippen LogP contribution is 2.22. The number of carbonyl (C=O) groups is 1. The van der Waals surface area contributed by atoms with Gasteiger partial charge < -0.3 is 15.0 Å². The van der Waals surface area contributed by atoms with E-state index in [1.165, 1.54) is 16.4 Å². The molecule has 3 atom stereocenters. The summed E-state index contributed by atoms with van der Waals surface area (Å²) in [6.45, 7) is 8.54. The van der Waals surface area contributed by atoms with Crippen LogP contribution in [0.5, 0.6) is 0 Å².